The molecule has 0 aromatic rings. The normalized spacial score (nSPS) is 18.3. The molecular weight excluding hydrogens is 661 g/mol. The van der Waals surface area contributed by atoms with Gasteiger partial charge in [0.15, 0.2) is 0 Å². The fraction of sp³-hybridized carbons (Fsp3) is 0.733. The summed E-state index contributed by atoms with van der Waals surface area (Å²) in [5.74, 6) is -11.0. The maximum atomic E-state index is 13.7. The Morgan fingerprint density at radius 3 is 1.88 bits per heavy atom. The van der Waals surface area contributed by atoms with Crippen molar-refractivity contribution in [2.45, 2.75) is 122 Å². The smallest absolute Gasteiger partial charge is 0.452 e. The number of likely N-dealkylation sites (tertiary alicyclic amines) is 1. The lowest BCUT2D eigenvalue weighted by molar-refractivity contribution is -0.174. The van der Waals surface area contributed by atoms with Gasteiger partial charge in [-0.1, -0.05) is 47.5 Å². The molecule has 1 rings (SSSR count). The number of rotatable bonds is 19. The number of amides is 5. The Morgan fingerprint density at radius 2 is 1.39 bits per heavy atom. The maximum absolute atomic E-state index is 13.7. The van der Waals surface area contributed by atoms with E-state index in [0.29, 0.717) is 12.8 Å². The second-order valence-electron chi connectivity index (χ2n) is 12.4. The lowest BCUT2D eigenvalue weighted by atomic mass is 9.95. The van der Waals surface area contributed by atoms with Crippen LogP contribution < -0.4 is 27.0 Å². The van der Waals surface area contributed by atoms with E-state index < -0.39 is 114 Å². The molecule has 49 heavy (non-hydrogen) atoms. The van der Waals surface area contributed by atoms with Crippen molar-refractivity contribution in [3.63, 3.8) is 0 Å². The zero-order valence-electron chi connectivity index (χ0n) is 28.1. The number of carbonyl (C=O) groups is 8. The molecule has 0 bridgehead atoms. The van der Waals surface area contributed by atoms with Gasteiger partial charge in [0.2, 0.25) is 29.5 Å². The summed E-state index contributed by atoms with van der Waals surface area (Å²) in [6, 6.07) is -9.06. The number of hydrogen-bond acceptors (Lipinski definition) is 9. The molecule has 1 aliphatic heterocycles. The molecule has 0 aromatic heterocycles. The van der Waals surface area contributed by atoms with Crippen molar-refractivity contribution in [1.29, 1.82) is 0 Å². The topological polar surface area (TPSA) is 254 Å². The van der Waals surface area contributed by atoms with Gasteiger partial charge in [0.1, 0.15) is 24.2 Å². The molecule has 8 N–H and O–H groups in total. The summed E-state index contributed by atoms with van der Waals surface area (Å²) in [6.45, 7) is 8.02. The van der Waals surface area contributed by atoms with E-state index in [4.69, 9.17) is 10.8 Å². The van der Waals surface area contributed by atoms with E-state index in [-0.39, 0.29) is 25.8 Å². The van der Waals surface area contributed by atoms with Crippen molar-refractivity contribution in [3.8, 4) is 0 Å². The molecule has 1 heterocycles. The van der Waals surface area contributed by atoms with Gasteiger partial charge in [0.05, 0.1) is 24.9 Å². The van der Waals surface area contributed by atoms with Crippen molar-refractivity contribution >= 4 is 47.3 Å². The highest BCUT2D eigenvalue weighted by Crippen LogP contribution is 2.23. The Hall–Kier alpha value is -4.29. The highest BCUT2D eigenvalue weighted by atomic mass is 19.4. The molecule has 0 unspecified atom stereocenters. The van der Waals surface area contributed by atoms with Gasteiger partial charge in [-0.25, -0.2) is 0 Å². The van der Waals surface area contributed by atoms with Crippen molar-refractivity contribution in [2.75, 3.05) is 6.54 Å². The van der Waals surface area contributed by atoms with E-state index >= 15 is 0 Å². The summed E-state index contributed by atoms with van der Waals surface area (Å²) in [6.07, 6.45) is -6.32. The van der Waals surface area contributed by atoms with Crippen molar-refractivity contribution in [1.82, 2.24) is 26.2 Å². The third-order valence-electron chi connectivity index (χ3n) is 8.09. The average Bonchev–Trinajstić information content (AvgIpc) is 3.49. The minimum absolute atomic E-state index is 0.0355. The first-order chi connectivity index (χ1) is 22.7. The van der Waals surface area contributed by atoms with Gasteiger partial charge < -0.3 is 42.1 Å². The van der Waals surface area contributed by atoms with Crippen LogP contribution in [0.1, 0.15) is 79.6 Å². The lowest BCUT2D eigenvalue weighted by Gasteiger charge is -2.33. The Morgan fingerprint density at radius 1 is 0.816 bits per heavy atom. The SMILES string of the molecule is CCC[C@H](NC(=O)[C@@H]1CCCN1C(=O)[C@@H](NC(=O)[C@@H](NC(=O)[C@H](CC(=O)O)NC(=O)[C@@H](N)CC(=O)O)[C@@H](C)CC)C(C)C)C(=O)C(F)(F)F. The van der Waals surface area contributed by atoms with Gasteiger partial charge >= 0.3 is 18.1 Å². The summed E-state index contributed by atoms with van der Waals surface area (Å²) < 4.78 is 39.4. The van der Waals surface area contributed by atoms with Gasteiger partial charge in [-0.3, -0.25) is 38.4 Å². The van der Waals surface area contributed by atoms with Crippen LogP contribution in [0, 0.1) is 11.8 Å². The first kappa shape index (κ1) is 42.7. The molecule has 1 saturated heterocycles. The third-order valence-corrected chi connectivity index (χ3v) is 8.09. The van der Waals surface area contributed by atoms with Crippen LogP contribution >= 0.6 is 0 Å². The van der Waals surface area contributed by atoms with Gasteiger partial charge in [-0.2, -0.15) is 13.2 Å². The van der Waals surface area contributed by atoms with Gasteiger partial charge in [-0.05, 0) is 31.1 Å². The number of ketones is 1. The number of nitrogens with two attached hydrogens (primary N) is 1. The molecule has 0 radical (unpaired) electrons. The number of nitrogens with one attached hydrogen (secondary N) is 4. The molecule has 0 spiro atoms. The maximum Gasteiger partial charge on any atom is 0.452 e. The second-order valence-corrected chi connectivity index (χ2v) is 12.4. The van der Waals surface area contributed by atoms with Crippen molar-refractivity contribution < 1.29 is 61.7 Å². The Balaban J connectivity index is 3.22. The molecule has 1 aliphatic rings. The van der Waals surface area contributed by atoms with Crippen LogP contribution in [-0.4, -0.2) is 111 Å². The van der Waals surface area contributed by atoms with Gasteiger partial charge in [0.25, 0.3) is 5.78 Å². The lowest BCUT2D eigenvalue weighted by Crippen LogP contribution is -2.61. The average molecular weight is 709 g/mol. The number of halogens is 3. The predicted molar refractivity (Wildman–Crippen MR) is 165 cm³/mol. The predicted octanol–water partition coefficient (Wildman–Crippen LogP) is -0.173. The standard InChI is InChI=1S/C30H47F3N6O10/c1-6-9-17(24(44)30(31,32)33)35-27(47)19-10-8-11-39(19)29(49)22(14(3)4)37-28(48)23(15(5)7-2)38-26(46)18(13-21(42)43)36-25(45)16(34)12-20(40)41/h14-19,22-23H,6-13,34H2,1-5H3,(H,35,47)(H,36,45)(H,37,48)(H,38,46)(H,40,41)(H,42,43)/t15-,16-,17-,18-,19-,22-,23-/m0/s1. The number of hydrogen-bond donors (Lipinski definition) is 7. The molecule has 19 heteroatoms. The zero-order valence-corrected chi connectivity index (χ0v) is 28.1. The molecule has 1 fully saturated rings. The second kappa shape index (κ2) is 19.0. The zero-order chi connectivity index (χ0) is 37.8. The fourth-order valence-corrected chi connectivity index (χ4v) is 5.16. The molecule has 0 saturated carbocycles. The number of alkyl halides is 3. The molecular formula is C30H47F3N6O10. The molecule has 7 atom stereocenters. The quantitative estimate of drug-likeness (QED) is 0.0927. The van der Waals surface area contributed by atoms with Crippen LogP contribution in [0.3, 0.4) is 0 Å². The van der Waals surface area contributed by atoms with E-state index in [1.54, 1.807) is 34.6 Å². The first-order valence-electron chi connectivity index (χ1n) is 16.0. The number of nitrogens with zero attached hydrogens (tertiary/aromatic N) is 1. The molecule has 5 amide bonds. The Kier molecular flexibility index (Phi) is 16.6. The molecule has 0 aromatic carbocycles. The summed E-state index contributed by atoms with van der Waals surface area (Å²) in [7, 11) is 0. The van der Waals surface area contributed by atoms with E-state index in [2.05, 4.69) is 21.3 Å². The fourth-order valence-electron chi connectivity index (χ4n) is 5.16. The van der Waals surface area contributed by atoms with Crippen LogP contribution in [0.2, 0.25) is 0 Å². The number of aliphatic carboxylic acids is 2. The minimum Gasteiger partial charge on any atom is -0.481 e. The van der Waals surface area contributed by atoms with Crippen LogP contribution in [0.25, 0.3) is 0 Å². The van der Waals surface area contributed by atoms with E-state index in [1.165, 1.54) is 0 Å². The van der Waals surface area contributed by atoms with Gasteiger partial charge in [0, 0.05) is 6.54 Å². The summed E-state index contributed by atoms with van der Waals surface area (Å²) in [5, 5.41) is 27.4. The van der Waals surface area contributed by atoms with Crippen molar-refractivity contribution in [2.24, 2.45) is 17.6 Å². The highest BCUT2D eigenvalue weighted by molar-refractivity contribution is 5.98. The summed E-state index contributed by atoms with van der Waals surface area (Å²) in [5.41, 5.74) is 5.52. The number of carboxylic acids is 2. The van der Waals surface area contributed by atoms with Crippen LogP contribution in [0.15, 0.2) is 0 Å². The van der Waals surface area contributed by atoms with E-state index in [0.717, 1.165) is 4.90 Å². The minimum atomic E-state index is -5.18. The van der Waals surface area contributed by atoms with Crippen molar-refractivity contribution in [3.05, 3.63) is 0 Å². The molecule has 0 aliphatic carbocycles. The summed E-state index contributed by atoms with van der Waals surface area (Å²) in [4.78, 5) is 101. The van der Waals surface area contributed by atoms with Crippen LogP contribution in [-0.2, 0) is 38.4 Å². The summed E-state index contributed by atoms with van der Waals surface area (Å²) >= 11 is 0. The largest absolute Gasteiger partial charge is 0.481 e. The third kappa shape index (κ3) is 12.9. The molecule has 278 valence electrons. The monoisotopic (exact) mass is 708 g/mol. The highest BCUT2D eigenvalue weighted by Gasteiger charge is 2.46. The first-order valence-corrected chi connectivity index (χ1v) is 16.0. The Bertz CT molecular complexity index is 1250. The molecule has 16 nitrogen and oxygen atoms in total. The van der Waals surface area contributed by atoms with E-state index in [9.17, 15) is 56.6 Å². The number of carboxylic acid groups (broad SMARTS) is 2. The Labute approximate surface area is 281 Å². The van der Waals surface area contributed by atoms with E-state index in [1.807, 2.05) is 0 Å². The van der Waals surface area contributed by atoms with Crippen LogP contribution in [0.4, 0.5) is 13.2 Å². The van der Waals surface area contributed by atoms with Crippen LogP contribution in [0.5, 0.6) is 0 Å². The number of carbonyl (C=O) groups excluding carboxylic acids is 6. The number of Topliss-reactive ketones (excluding diaryl/α,β-unsaturated/α-hetero) is 1. The van der Waals surface area contributed by atoms with Gasteiger partial charge in [-0.15, -0.1) is 0 Å².